The molecule has 1 aliphatic rings. The molecule has 0 saturated carbocycles. The van der Waals surface area contributed by atoms with E-state index in [2.05, 4.69) is 22.0 Å². The summed E-state index contributed by atoms with van der Waals surface area (Å²) in [7, 11) is 0. The van der Waals surface area contributed by atoms with Gasteiger partial charge < -0.3 is 4.90 Å². The molecule has 2 unspecified atom stereocenters. The summed E-state index contributed by atoms with van der Waals surface area (Å²) in [5.74, 6) is 0.649. The quantitative estimate of drug-likeness (QED) is 0.695. The number of hydrogen-bond donors (Lipinski definition) is 0. The van der Waals surface area contributed by atoms with Gasteiger partial charge in [0.05, 0.1) is 5.38 Å². The van der Waals surface area contributed by atoms with Gasteiger partial charge in [-0.05, 0) is 19.3 Å². The average molecular weight is 232 g/mol. The Hall–Kier alpha value is -0.350. The second-order valence-electron chi connectivity index (χ2n) is 3.95. The van der Waals surface area contributed by atoms with Gasteiger partial charge >= 0.3 is 0 Å². The number of hydrogen-bond acceptors (Lipinski definition) is 4. The fourth-order valence-corrected chi connectivity index (χ4v) is 3.02. The van der Waals surface area contributed by atoms with Crippen LogP contribution >= 0.6 is 22.9 Å². The lowest BCUT2D eigenvalue weighted by molar-refractivity contribution is 0.451. The highest BCUT2D eigenvalue weighted by atomic mass is 35.5. The minimum absolute atomic E-state index is 0.253. The summed E-state index contributed by atoms with van der Waals surface area (Å²) in [5, 5.41) is 10.5. The molecule has 3 nitrogen and oxygen atoms in total. The summed E-state index contributed by atoms with van der Waals surface area (Å²) in [5.41, 5.74) is 0. The molecular weight excluding hydrogens is 218 g/mol. The van der Waals surface area contributed by atoms with Gasteiger partial charge in [0, 0.05) is 13.1 Å². The van der Waals surface area contributed by atoms with Crippen molar-refractivity contribution in [3.05, 3.63) is 5.01 Å². The van der Waals surface area contributed by atoms with E-state index in [9.17, 15) is 0 Å². The minimum Gasteiger partial charge on any atom is -0.345 e. The third-order valence-electron chi connectivity index (χ3n) is 2.39. The number of aromatic nitrogens is 2. The van der Waals surface area contributed by atoms with Crippen molar-refractivity contribution in [2.24, 2.45) is 5.92 Å². The van der Waals surface area contributed by atoms with E-state index >= 15 is 0 Å². The third kappa shape index (κ3) is 2.17. The van der Waals surface area contributed by atoms with Crippen molar-refractivity contribution in [2.75, 3.05) is 18.0 Å². The van der Waals surface area contributed by atoms with Crippen molar-refractivity contribution in [3.63, 3.8) is 0 Å². The van der Waals surface area contributed by atoms with Crippen LogP contribution in [0.2, 0.25) is 0 Å². The molecule has 1 aromatic heterocycles. The standard InChI is InChI=1S/C9H14ClN3S/c1-6-3-8(10)5-13(4-6)9-12-11-7(2)14-9/h6,8H,3-5H2,1-2H3. The molecule has 1 aromatic rings. The Morgan fingerprint density at radius 1 is 1.43 bits per heavy atom. The first-order valence-electron chi connectivity index (χ1n) is 4.84. The zero-order chi connectivity index (χ0) is 10.1. The Morgan fingerprint density at radius 3 is 2.79 bits per heavy atom. The number of anilines is 1. The van der Waals surface area contributed by atoms with Crippen molar-refractivity contribution in [2.45, 2.75) is 25.6 Å². The molecule has 14 heavy (non-hydrogen) atoms. The molecule has 2 heterocycles. The third-order valence-corrected chi connectivity index (χ3v) is 3.61. The van der Waals surface area contributed by atoms with Gasteiger partial charge in [-0.25, -0.2) is 0 Å². The number of halogens is 1. The summed E-state index contributed by atoms with van der Waals surface area (Å²) in [6.07, 6.45) is 1.11. The Labute approximate surface area is 93.1 Å². The maximum absolute atomic E-state index is 6.18. The molecule has 1 aliphatic heterocycles. The Morgan fingerprint density at radius 2 is 2.21 bits per heavy atom. The van der Waals surface area contributed by atoms with Gasteiger partial charge in [-0.2, -0.15) is 0 Å². The average Bonchev–Trinajstić information content (AvgIpc) is 2.50. The van der Waals surface area contributed by atoms with Crippen molar-refractivity contribution >= 4 is 28.1 Å². The summed E-state index contributed by atoms with van der Waals surface area (Å²) in [4.78, 5) is 2.25. The van der Waals surface area contributed by atoms with Gasteiger partial charge in [0.25, 0.3) is 0 Å². The molecule has 1 saturated heterocycles. The van der Waals surface area contributed by atoms with Crippen LogP contribution in [-0.4, -0.2) is 28.7 Å². The van der Waals surface area contributed by atoms with Crippen LogP contribution < -0.4 is 4.90 Å². The number of aryl methyl sites for hydroxylation is 1. The Bertz CT molecular complexity index is 305. The van der Waals surface area contributed by atoms with E-state index < -0.39 is 0 Å². The summed E-state index contributed by atoms with van der Waals surface area (Å²) in [6.45, 7) is 6.17. The van der Waals surface area contributed by atoms with Crippen LogP contribution in [0, 0.1) is 12.8 Å². The van der Waals surface area contributed by atoms with Gasteiger partial charge in [-0.3, -0.25) is 0 Å². The largest absolute Gasteiger partial charge is 0.345 e. The topological polar surface area (TPSA) is 29.0 Å². The number of alkyl halides is 1. The predicted molar refractivity (Wildman–Crippen MR) is 60.3 cm³/mol. The van der Waals surface area contributed by atoms with E-state index in [0.717, 1.165) is 29.6 Å². The summed E-state index contributed by atoms with van der Waals surface area (Å²) >= 11 is 7.82. The highest BCUT2D eigenvalue weighted by molar-refractivity contribution is 7.15. The van der Waals surface area contributed by atoms with E-state index in [1.54, 1.807) is 11.3 Å². The molecule has 2 rings (SSSR count). The van der Waals surface area contributed by atoms with Gasteiger partial charge in [0.2, 0.25) is 5.13 Å². The zero-order valence-electron chi connectivity index (χ0n) is 8.40. The molecule has 0 amide bonds. The lowest BCUT2D eigenvalue weighted by Gasteiger charge is -2.33. The van der Waals surface area contributed by atoms with Crippen LogP contribution in [0.15, 0.2) is 0 Å². The van der Waals surface area contributed by atoms with Gasteiger partial charge in [0.15, 0.2) is 0 Å². The lowest BCUT2D eigenvalue weighted by atomic mass is 10.0. The van der Waals surface area contributed by atoms with E-state index in [0.29, 0.717) is 5.92 Å². The van der Waals surface area contributed by atoms with Crippen LogP contribution in [0.5, 0.6) is 0 Å². The summed E-state index contributed by atoms with van der Waals surface area (Å²) in [6, 6.07) is 0. The van der Waals surface area contributed by atoms with Gasteiger partial charge in [-0.15, -0.1) is 21.8 Å². The van der Waals surface area contributed by atoms with E-state index in [1.165, 1.54) is 0 Å². The van der Waals surface area contributed by atoms with Crippen molar-refractivity contribution in [1.29, 1.82) is 0 Å². The second-order valence-corrected chi connectivity index (χ2v) is 5.72. The molecule has 0 radical (unpaired) electrons. The Balaban J connectivity index is 2.10. The lowest BCUT2D eigenvalue weighted by Crippen LogP contribution is -2.40. The molecular formula is C9H14ClN3S. The van der Waals surface area contributed by atoms with Crippen LogP contribution in [0.25, 0.3) is 0 Å². The maximum Gasteiger partial charge on any atom is 0.208 e. The summed E-state index contributed by atoms with van der Waals surface area (Å²) < 4.78 is 0. The first-order chi connectivity index (χ1) is 6.65. The van der Waals surface area contributed by atoms with Crippen molar-refractivity contribution in [1.82, 2.24) is 10.2 Å². The predicted octanol–water partition coefficient (Wildman–Crippen LogP) is 2.30. The van der Waals surface area contributed by atoms with Crippen LogP contribution in [0.1, 0.15) is 18.4 Å². The van der Waals surface area contributed by atoms with Gasteiger partial charge in [0.1, 0.15) is 5.01 Å². The van der Waals surface area contributed by atoms with Crippen LogP contribution in [-0.2, 0) is 0 Å². The SMILES string of the molecule is Cc1nnc(N2CC(C)CC(Cl)C2)s1. The maximum atomic E-state index is 6.18. The monoisotopic (exact) mass is 231 g/mol. The van der Waals surface area contributed by atoms with Crippen LogP contribution in [0.3, 0.4) is 0 Å². The number of nitrogens with zero attached hydrogens (tertiary/aromatic N) is 3. The first-order valence-corrected chi connectivity index (χ1v) is 6.09. The smallest absolute Gasteiger partial charge is 0.208 e. The molecule has 0 spiro atoms. The molecule has 5 heteroatoms. The van der Waals surface area contributed by atoms with E-state index in [-0.39, 0.29) is 5.38 Å². The molecule has 78 valence electrons. The second kappa shape index (κ2) is 4.03. The Kier molecular flexibility index (Phi) is 2.93. The van der Waals surface area contributed by atoms with Crippen LogP contribution in [0.4, 0.5) is 5.13 Å². The van der Waals surface area contributed by atoms with Gasteiger partial charge in [-0.1, -0.05) is 18.3 Å². The number of piperidine rings is 1. The van der Waals surface area contributed by atoms with Crippen molar-refractivity contribution < 1.29 is 0 Å². The molecule has 0 aliphatic carbocycles. The normalized spacial score (nSPS) is 28.1. The highest BCUT2D eigenvalue weighted by Crippen LogP contribution is 2.27. The van der Waals surface area contributed by atoms with Crippen molar-refractivity contribution in [3.8, 4) is 0 Å². The number of rotatable bonds is 1. The molecule has 0 N–H and O–H groups in total. The molecule has 0 aromatic carbocycles. The fraction of sp³-hybridized carbons (Fsp3) is 0.778. The molecule has 0 bridgehead atoms. The molecule has 2 atom stereocenters. The van der Waals surface area contributed by atoms with E-state index in [4.69, 9.17) is 11.6 Å². The molecule has 1 fully saturated rings. The van der Waals surface area contributed by atoms with E-state index in [1.807, 2.05) is 6.92 Å². The fourth-order valence-electron chi connectivity index (χ4n) is 1.85. The highest BCUT2D eigenvalue weighted by Gasteiger charge is 2.25. The first kappa shape index (κ1) is 10.2. The minimum atomic E-state index is 0.253. The zero-order valence-corrected chi connectivity index (χ0v) is 9.98.